The zero-order chi connectivity index (χ0) is 16.8. The number of carbonyl (C=O) groups is 1. The molecule has 1 aliphatic heterocycles. The Kier molecular flexibility index (Phi) is 3.94. The highest BCUT2D eigenvalue weighted by Gasteiger charge is 2.24. The Morgan fingerprint density at radius 3 is 2.75 bits per heavy atom. The average Bonchev–Trinajstić information content (AvgIpc) is 2.91. The van der Waals surface area contributed by atoms with Gasteiger partial charge in [0, 0.05) is 18.1 Å². The van der Waals surface area contributed by atoms with E-state index in [9.17, 15) is 9.59 Å². The molecule has 3 aromatic rings. The highest BCUT2D eigenvalue weighted by Crippen LogP contribution is 2.26. The Hall–Kier alpha value is -1.70. The van der Waals surface area contributed by atoms with Gasteiger partial charge in [0.15, 0.2) is 3.95 Å². The van der Waals surface area contributed by atoms with Gasteiger partial charge in [0.25, 0.3) is 11.5 Å². The zero-order valence-electron chi connectivity index (χ0n) is 12.7. The molecule has 1 aromatic carbocycles. The lowest BCUT2D eigenvalue weighted by Crippen LogP contribution is -2.35. The van der Waals surface area contributed by atoms with Crippen molar-refractivity contribution in [2.24, 2.45) is 0 Å². The number of halogens is 1. The van der Waals surface area contributed by atoms with Gasteiger partial charge in [-0.1, -0.05) is 22.9 Å². The first-order chi connectivity index (χ1) is 11.6. The van der Waals surface area contributed by atoms with Crippen molar-refractivity contribution in [2.75, 3.05) is 13.1 Å². The normalized spacial score (nSPS) is 15.3. The number of aromatic nitrogens is 2. The molecule has 0 bridgehead atoms. The molecule has 5 nitrogen and oxygen atoms in total. The summed E-state index contributed by atoms with van der Waals surface area (Å²) < 4.78 is 2.26. The molecule has 2 aromatic heterocycles. The minimum atomic E-state index is -0.248. The van der Waals surface area contributed by atoms with Crippen LogP contribution in [0.25, 0.3) is 16.6 Å². The number of nitrogens with zero attached hydrogens (tertiary/aromatic N) is 2. The molecule has 8 heteroatoms. The Morgan fingerprint density at radius 2 is 2.00 bits per heavy atom. The maximum absolute atomic E-state index is 12.9. The third kappa shape index (κ3) is 2.47. The van der Waals surface area contributed by atoms with Crippen molar-refractivity contribution in [1.82, 2.24) is 14.3 Å². The lowest BCUT2D eigenvalue weighted by molar-refractivity contribution is 0.0730. The lowest BCUT2D eigenvalue weighted by Gasteiger charge is -2.26. The molecule has 124 valence electrons. The number of hydrogen-bond donors (Lipinski definition) is 1. The van der Waals surface area contributed by atoms with Gasteiger partial charge in [-0.15, -0.1) is 0 Å². The molecule has 1 N–H and O–H groups in total. The molecule has 0 saturated carbocycles. The number of piperidine rings is 1. The van der Waals surface area contributed by atoms with Gasteiger partial charge in [0.05, 0.1) is 10.9 Å². The van der Waals surface area contributed by atoms with Crippen LogP contribution in [-0.2, 0) is 0 Å². The number of nitrogens with one attached hydrogen (secondary N) is 1. The van der Waals surface area contributed by atoms with E-state index in [0.29, 0.717) is 30.4 Å². The van der Waals surface area contributed by atoms with Crippen molar-refractivity contribution in [3.05, 3.63) is 42.4 Å². The number of rotatable bonds is 1. The number of thiazole rings is 1. The van der Waals surface area contributed by atoms with Crippen molar-refractivity contribution < 1.29 is 4.79 Å². The van der Waals surface area contributed by atoms with Crippen LogP contribution in [-0.4, -0.2) is 33.3 Å². The number of fused-ring (bicyclic) bond motifs is 3. The van der Waals surface area contributed by atoms with Gasteiger partial charge in [0.1, 0.15) is 10.5 Å². The van der Waals surface area contributed by atoms with Crippen LogP contribution >= 0.6 is 35.2 Å². The third-order valence-corrected chi connectivity index (χ3v) is 5.92. The van der Waals surface area contributed by atoms with Gasteiger partial charge < -0.3 is 9.88 Å². The van der Waals surface area contributed by atoms with E-state index in [0.717, 1.165) is 32.4 Å². The van der Waals surface area contributed by atoms with E-state index in [-0.39, 0.29) is 11.5 Å². The van der Waals surface area contributed by atoms with Gasteiger partial charge >= 0.3 is 0 Å². The molecule has 0 unspecified atom stereocenters. The van der Waals surface area contributed by atoms with Crippen molar-refractivity contribution in [2.45, 2.75) is 19.3 Å². The van der Waals surface area contributed by atoms with Crippen LogP contribution in [0, 0.1) is 3.95 Å². The van der Waals surface area contributed by atoms with Crippen molar-refractivity contribution in [3.8, 4) is 0 Å². The van der Waals surface area contributed by atoms with Crippen LogP contribution in [0.2, 0.25) is 5.02 Å². The molecule has 24 heavy (non-hydrogen) atoms. The predicted molar refractivity (Wildman–Crippen MR) is 99.0 cm³/mol. The fourth-order valence-electron chi connectivity index (χ4n) is 3.15. The van der Waals surface area contributed by atoms with Crippen molar-refractivity contribution in [3.63, 3.8) is 0 Å². The van der Waals surface area contributed by atoms with Crippen molar-refractivity contribution in [1.29, 1.82) is 0 Å². The maximum Gasteiger partial charge on any atom is 0.267 e. The quantitative estimate of drug-likeness (QED) is 0.653. The number of amides is 1. The maximum atomic E-state index is 12.9. The summed E-state index contributed by atoms with van der Waals surface area (Å²) in [5.74, 6) is -0.0645. The lowest BCUT2D eigenvalue weighted by atomic mass is 10.1. The summed E-state index contributed by atoms with van der Waals surface area (Å²) in [6, 6.07) is 5.04. The van der Waals surface area contributed by atoms with Crippen molar-refractivity contribution >= 4 is 57.6 Å². The van der Waals surface area contributed by atoms with Gasteiger partial charge in [-0.05, 0) is 49.7 Å². The largest absolute Gasteiger partial charge is 0.338 e. The number of hydrogen-bond acceptors (Lipinski definition) is 4. The fraction of sp³-hybridized carbons (Fsp3) is 0.312. The van der Waals surface area contributed by atoms with E-state index >= 15 is 0 Å². The number of carbonyl (C=O) groups excluding carboxylic acids is 1. The summed E-state index contributed by atoms with van der Waals surface area (Å²) in [6.45, 7) is 1.50. The molecule has 3 heterocycles. The summed E-state index contributed by atoms with van der Waals surface area (Å²) in [5.41, 5.74) is 0.836. The Balaban J connectivity index is 1.98. The molecule has 1 saturated heterocycles. The first-order valence-electron chi connectivity index (χ1n) is 7.72. The summed E-state index contributed by atoms with van der Waals surface area (Å²) in [4.78, 5) is 30.4. The summed E-state index contributed by atoms with van der Waals surface area (Å²) >= 11 is 12.8. The highest BCUT2D eigenvalue weighted by molar-refractivity contribution is 7.73. The number of likely N-dealkylation sites (tertiary alicyclic amines) is 1. The van der Waals surface area contributed by atoms with E-state index in [1.54, 1.807) is 22.6 Å². The standard InChI is InChI=1S/C16H14ClN3O2S2/c17-9-4-5-10-11(8-9)20-13(18-14(10)21)12(24-16(20)23)15(22)19-6-2-1-3-7-19/h4-5,8H,1-3,6-7H2,(H,18,21). The number of aromatic amines is 1. The highest BCUT2D eigenvalue weighted by atomic mass is 35.5. The molecule has 0 aliphatic carbocycles. The minimum Gasteiger partial charge on any atom is -0.338 e. The summed E-state index contributed by atoms with van der Waals surface area (Å²) in [6.07, 6.45) is 3.17. The second-order valence-electron chi connectivity index (χ2n) is 5.85. The van der Waals surface area contributed by atoms with E-state index in [1.165, 1.54) is 11.3 Å². The van der Waals surface area contributed by atoms with Gasteiger partial charge in [0.2, 0.25) is 0 Å². The van der Waals surface area contributed by atoms with Crippen LogP contribution in [0.1, 0.15) is 28.9 Å². The van der Waals surface area contributed by atoms with Gasteiger partial charge in [-0.25, -0.2) is 0 Å². The topological polar surface area (TPSA) is 57.6 Å². The molecule has 0 radical (unpaired) electrons. The zero-order valence-corrected chi connectivity index (χ0v) is 15.1. The average molecular weight is 380 g/mol. The van der Waals surface area contributed by atoms with Gasteiger partial charge in [-0.2, -0.15) is 0 Å². The van der Waals surface area contributed by atoms with Crippen LogP contribution in [0.3, 0.4) is 0 Å². The van der Waals surface area contributed by atoms with Crippen LogP contribution in [0.15, 0.2) is 23.0 Å². The molecule has 1 fully saturated rings. The summed E-state index contributed by atoms with van der Waals surface area (Å²) in [5, 5.41) is 1.02. The Bertz CT molecular complexity index is 1080. The second-order valence-corrected chi connectivity index (χ2v) is 7.93. The first kappa shape index (κ1) is 15.8. The minimum absolute atomic E-state index is 0.0645. The van der Waals surface area contributed by atoms with E-state index in [4.69, 9.17) is 23.8 Å². The monoisotopic (exact) mass is 379 g/mol. The van der Waals surface area contributed by atoms with E-state index < -0.39 is 0 Å². The van der Waals surface area contributed by atoms with Gasteiger partial charge in [-0.3, -0.25) is 14.0 Å². The molecule has 0 spiro atoms. The fourth-order valence-corrected chi connectivity index (χ4v) is 4.66. The first-order valence-corrected chi connectivity index (χ1v) is 9.33. The molecule has 0 atom stereocenters. The van der Waals surface area contributed by atoms with Crippen LogP contribution < -0.4 is 5.56 Å². The number of H-pyrrole nitrogens is 1. The summed E-state index contributed by atoms with van der Waals surface area (Å²) in [7, 11) is 0. The molecule has 1 aliphatic rings. The third-order valence-electron chi connectivity index (χ3n) is 4.33. The van der Waals surface area contributed by atoms with E-state index in [1.807, 2.05) is 4.90 Å². The molecule has 1 amide bonds. The Labute approximate surface area is 151 Å². The SMILES string of the molecule is O=C(c1sc(=S)n2c1[nH]c(=O)c1ccc(Cl)cc12)N1CCCCC1. The molecular weight excluding hydrogens is 366 g/mol. The smallest absolute Gasteiger partial charge is 0.267 e. The Morgan fingerprint density at radius 1 is 1.25 bits per heavy atom. The van der Waals surface area contributed by atoms with E-state index in [2.05, 4.69) is 4.98 Å². The number of benzene rings is 1. The predicted octanol–water partition coefficient (Wildman–Crippen LogP) is 3.85. The molecule has 4 rings (SSSR count). The van der Waals surface area contributed by atoms with Crippen LogP contribution in [0.5, 0.6) is 0 Å². The second kappa shape index (κ2) is 5.98. The van der Waals surface area contributed by atoms with Crippen LogP contribution in [0.4, 0.5) is 0 Å². The molecular formula is C16H14ClN3O2S2.